The Hall–Kier alpha value is -0.770. The van der Waals surface area contributed by atoms with Crippen LogP contribution >= 0.6 is 0 Å². The number of nitrogens with one attached hydrogen (secondary N) is 1. The normalized spacial score (nSPS) is 20.2. The van der Waals surface area contributed by atoms with Crippen molar-refractivity contribution >= 4 is 6.03 Å². The first-order chi connectivity index (χ1) is 6.61. The highest BCUT2D eigenvalue weighted by atomic mass is 16.5. The molecule has 0 aliphatic carbocycles. The molecule has 1 N–H and O–H groups in total. The van der Waals surface area contributed by atoms with Gasteiger partial charge in [-0.2, -0.15) is 0 Å². The highest BCUT2D eigenvalue weighted by Gasteiger charge is 2.21. The van der Waals surface area contributed by atoms with Crippen LogP contribution in [0.1, 0.15) is 19.8 Å². The lowest BCUT2D eigenvalue weighted by Crippen LogP contribution is -2.44. The van der Waals surface area contributed by atoms with Crippen LogP contribution in [0.3, 0.4) is 0 Å². The van der Waals surface area contributed by atoms with Gasteiger partial charge in [0.15, 0.2) is 0 Å². The van der Waals surface area contributed by atoms with E-state index >= 15 is 0 Å². The van der Waals surface area contributed by atoms with Crippen LogP contribution in [0.15, 0.2) is 0 Å². The van der Waals surface area contributed by atoms with Crippen molar-refractivity contribution in [1.29, 1.82) is 0 Å². The monoisotopic (exact) mass is 200 g/mol. The van der Waals surface area contributed by atoms with Crippen LogP contribution in [0.25, 0.3) is 0 Å². The van der Waals surface area contributed by atoms with Gasteiger partial charge in [0.2, 0.25) is 0 Å². The second kappa shape index (κ2) is 5.20. The van der Waals surface area contributed by atoms with Gasteiger partial charge in [0, 0.05) is 33.4 Å². The molecule has 0 aromatic carbocycles. The van der Waals surface area contributed by atoms with Crippen molar-refractivity contribution in [3.8, 4) is 0 Å². The van der Waals surface area contributed by atoms with E-state index < -0.39 is 0 Å². The molecule has 1 aliphatic rings. The van der Waals surface area contributed by atoms with E-state index in [1.807, 2.05) is 0 Å². The molecule has 0 spiro atoms. The van der Waals surface area contributed by atoms with Gasteiger partial charge >= 0.3 is 6.03 Å². The van der Waals surface area contributed by atoms with Crippen molar-refractivity contribution in [2.45, 2.75) is 25.8 Å². The minimum absolute atomic E-state index is 0.0102. The number of rotatable bonds is 2. The van der Waals surface area contributed by atoms with Crippen LogP contribution in [0, 0.1) is 5.92 Å². The van der Waals surface area contributed by atoms with Crippen molar-refractivity contribution in [3.05, 3.63) is 0 Å². The Labute approximate surface area is 85.6 Å². The third kappa shape index (κ3) is 3.18. The topological polar surface area (TPSA) is 41.6 Å². The van der Waals surface area contributed by atoms with Gasteiger partial charge in [-0.15, -0.1) is 0 Å². The molecule has 4 heteroatoms. The summed E-state index contributed by atoms with van der Waals surface area (Å²) in [4.78, 5) is 12.9. The molecule has 1 unspecified atom stereocenters. The average Bonchev–Trinajstić information content (AvgIpc) is 2.19. The fourth-order valence-corrected chi connectivity index (χ4v) is 1.66. The number of hydrogen-bond donors (Lipinski definition) is 1. The van der Waals surface area contributed by atoms with E-state index in [2.05, 4.69) is 12.2 Å². The Kier molecular flexibility index (Phi) is 4.20. The number of urea groups is 1. The van der Waals surface area contributed by atoms with E-state index in [0.29, 0.717) is 5.92 Å². The maximum absolute atomic E-state index is 11.4. The maximum Gasteiger partial charge on any atom is 0.317 e. The smallest absolute Gasteiger partial charge is 0.317 e. The van der Waals surface area contributed by atoms with E-state index in [1.165, 1.54) is 0 Å². The van der Waals surface area contributed by atoms with Crippen LogP contribution in [-0.4, -0.2) is 44.3 Å². The summed E-state index contributed by atoms with van der Waals surface area (Å²) in [5.74, 6) is 0.563. The first-order valence-corrected chi connectivity index (χ1v) is 5.17. The lowest BCUT2D eigenvalue weighted by Gasteiger charge is -2.29. The first-order valence-electron chi connectivity index (χ1n) is 5.17. The van der Waals surface area contributed by atoms with Gasteiger partial charge in [-0.05, 0) is 25.7 Å². The quantitative estimate of drug-likeness (QED) is 0.724. The second-order valence-corrected chi connectivity index (χ2v) is 4.08. The number of carbonyl (C=O) groups is 1. The van der Waals surface area contributed by atoms with Gasteiger partial charge in [0.25, 0.3) is 0 Å². The molecule has 1 fully saturated rings. The van der Waals surface area contributed by atoms with E-state index in [9.17, 15) is 4.79 Å². The summed E-state index contributed by atoms with van der Waals surface area (Å²) in [7, 11) is 3.51. The molecule has 4 nitrogen and oxygen atoms in total. The largest absolute Gasteiger partial charge is 0.381 e. The molecule has 0 aromatic rings. The van der Waals surface area contributed by atoms with Gasteiger partial charge in [0.1, 0.15) is 0 Å². The third-order valence-electron chi connectivity index (χ3n) is 2.73. The van der Waals surface area contributed by atoms with E-state index in [-0.39, 0.29) is 12.1 Å². The molecule has 1 saturated heterocycles. The highest BCUT2D eigenvalue weighted by Crippen LogP contribution is 2.18. The van der Waals surface area contributed by atoms with E-state index in [4.69, 9.17) is 4.74 Å². The fourth-order valence-electron chi connectivity index (χ4n) is 1.66. The summed E-state index contributed by atoms with van der Waals surface area (Å²) in [6.45, 7) is 3.72. The second-order valence-electron chi connectivity index (χ2n) is 4.08. The SMILES string of the molecule is CC(NC(=O)N(C)C)C1CCOCC1. The number of hydrogen-bond acceptors (Lipinski definition) is 2. The minimum atomic E-state index is -0.0102. The summed E-state index contributed by atoms with van der Waals surface area (Å²) in [6, 6.07) is 0.234. The first kappa shape index (κ1) is 11.3. The standard InChI is InChI=1S/C10H20N2O2/c1-8(11-10(13)12(2)3)9-4-6-14-7-5-9/h8-9H,4-7H2,1-3H3,(H,11,13). The Balaban J connectivity index is 2.32. The zero-order chi connectivity index (χ0) is 10.6. The van der Waals surface area contributed by atoms with Gasteiger partial charge in [-0.25, -0.2) is 4.79 Å². The molecule has 82 valence electrons. The summed E-state index contributed by atoms with van der Waals surface area (Å²) < 4.78 is 5.28. The van der Waals surface area contributed by atoms with Crippen molar-refractivity contribution < 1.29 is 9.53 Å². The van der Waals surface area contributed by atoms with Crippen molar-refractivity contribution in [3.63, 3.8) is 0 Å². The van der Waals surface area contributed by atoms with Crippen LogP contribution in [0.4, 0.5) is 4.79 Å². The zero-order valence-corrected chi connectivity index (χ0v) is 9.25. The Morgan fingerprint density at radius 3 is 2.50 bits per heavy atom. The van der Waals surface area contributed by atoms with Crippen LogP contribution in [-0.2, 0) is 4.74 Å². The summed E-state index contributed by atoms with van der Waals surface area (Å²) in [5, 5.41) is 2.98. The minimum Gasteiger partial charge on any atom is -0.381 e. The molecule has 0 saturated carbocycles. The van der Waals surface area contributed by atoms with E-state index in [0.717, 1.165) is 26.1 Å². The number of nitrogens with zero attached hydrogens (tertiary/aromatic N) is 1. The lowest BCUT2D eigenvalue weighted by molar-refractivity contribution is 0.0566. The number of ether oxygens (including phenoxy) is 1. The van der Waals surface area contributed by atoms with Crippen LogP contribution in [0.5, 0.6) is 0 Å². The van der Waals surface area contributed by atoms with Gasteiger partial charge < -0.3 is 15.0 Å². The highest BCUT2D eigenvalue weighted by molar-refractivity contribution is 5.73. The molecule has 1 rings (SSSR count). The van der Waals surface area contributed by atoms with Crippen LogP contribution in [0.2, 0.25) is 0 Å². The average molecular weight is 200 g/mol. The van der Waals surface area contributed by atoms with Crippen molar-refractivity contribution in [2.75, 3.05) is 27.3 Å². The number of amides is 2. The lowest BCUT2D eigenvalue weighted by atomic mass is 9.93. The Morgan fingerprint density at radius 1 is 1.43 bits per heavy atom. The Morgan fingerprint density at radius 2 is 2.00 bits per heavy atom. The Bertz CT molecular complexity index is 189. The van der Waals surface area contributed by atoms with Gasteiger partial charge in [-0.3, -0.25) is 0 Å². The molecular formula is C10H20N2O2. The number of carbonyl (C=O) groups excluding carboxylic acids is 1. The summed E-state index contributed by atoms with van der Waals surface area (Å²) in [6.07, 6.45) is 2.10. The van der Waals surface area contributed by atoms with Crippen molar-refractivity contribution in [1.82, 2.24) is 10.2 Å². The molecule has 2 amide bonds. The van der Waals surface area contributed by atoms with E-state index in [1.54, 1.807) is 19.0 Å². The predicted octanol–water partition coefficient (Wildman–Crippen LogP) is 1.07. The molecule has 1 heterocycles. The van der Waals surface area contributed by atoms with Crippen LogP contribution < -0.4 is 5.32 Å². The zero-order valence-electron chi connectivity index (χ0n) is 9.25. The summed E-state index contributed by atoms with van der Waals surface area (Å²) in [5.41, 5.74) is 0. The molecule has 0 aromatic heterocycles. The third-order valence-corrected chi connectivity index (χ3v) is 2.73. The molecule has 14 heavy (non-hydrogen) atoms. The molecule has 0 radical (unpaired) electrons. The molecule has 1 atom stereocenters. The van der Waals surface area contributed by atoms with Crippen molar-refractivity contribution in [2.24, 2.45) is 5.92 Å². The maximum atomic E-state index is 11.4. The summed E-state index contributed by atoms with van der Waals surface area (Å²) >= 11 is 0. The van der Waals surface area contributed by atoms with Gasteiger partial charge in [0.05, 0.1) is 0 Å². The molecular weight excluding hydrogens is 180 g/mol. The van der Waals surface area contributed by atoms with Gasteiger partial charge in [-0.1, -0.05) is 0 Å². The molecule has 0 bridgehead atoms. The fraction of sp³-hybridized carbons (Fsp3) is 0.900. The molecule has 1 aliphatic heterocycles. The predicted molar refractivity (Wildman–Crippen MR) is 55.2 cm³/mol.